The summed E-state index contributed by atoms with van der Waals surface area (Å²) in [4.78, 5) is 20.1. The molecule has 5 nitrogen and oxygen atoms in total. The van der Waals surface area contributed by atoms with Crippen LogP contribution >= 0.6 is 0 Å². The van der Waals surface area contributed by atoms with Crippen LogP contribution in [0.1, 0.15) is 25.5 Å². The molecule has 0 aromatic heterocycles. The molecule has 17 heavy (non-hydrogen) atoms. The molecule has 0 heterocycles. The Morgan fingerprint density at radius 1 is 1.29 bits per heavy atom. The van der Waals surface area contributed by atoms with Gasteiger partial charge in [0, 0.05) is 6.92 Å². The Morgan fingerprint density at radius 2 is 1.82 bits per heavy atom. The van der Waals surface area contributed by atoms with Crippen molar-refractivity contribution < 1.29 is 24.5 Å². The van der Waals surface area contributed by atoms with Crippen molar-refractivity contribution in [3.05, 3.63) is 35.9 Å². The van der Waals surface area contributed by atoms with E-state index in [0.29, 0.717) is 12.2 Å². The standard InChI is InChI=1S/C8H8O3.C4H8O2/c9-7(8(10)11)6-4-2-1-3-5-6;1-3-6-4(2)5/h1-5,7,9H,(H,10,11);3H2,1-2H3/t7-;/m0./s1. The van der Waals surface area contributed by atoms with E-state index < -0.39 is 12.1 Å². The number of aliphatic carboxylic acids is 1. The third kappa shape index (κ3) is 7.08. The first kappa shape index (κ1) is 15.1. The highest BCUT2D eigenvalue weighted by Crippen LogP contribution is 2.10. The Kier molecular flexibility index (Phi) is 7.38. The number of aliphatic hydroxyl groups excluding tert-OH is 1. The number of carboxylic acid groups (broad SMARTS) is 1. The van der Waals surface area contributed by atoms with Gasteiger partial charge in [0.15, 0.2) is 6.10 Å². The van der Waals surface area contributed by atoms with E-state index in [1.807, 2.05) is 0 Å². The molecule has 94 valence electrons. The summed E-state index contributed by atoms with van der Waals surface area (Å²) in [6.45, 7) is 3.65. The third-order valence-electron chi connectivity index (χ3n) is 1.70. The van der Waals surface area contributed by atoms with Gasteiger partial charge in [-0.25, -0.2) is 4.79 Å². The zero-order valence-electron chi connectivity index (χ0n) is 9.79. The number of hydrogen-bond acceptors (Lipinski definition) is 4. The van der Waals surface area contributed by atoms with Crippen LogP contribution in [0.15, 0.2) is 30.3 Å². The molecule has 0 aliphatic carbocycles. The third-order valence-corrected chi connectivity index (χ3v) is 1.70. The molecule has 0 radical (unpaired) electrons. The monoisotopic (exact) mass is 240 g/mol. The van der Waals surface area contributed by atoms with Crippen molar-refractivity contribution in [2.75, 3.05) is 6.61 Å². The Hall–Kier alpha value is -1.88. The molecular formula is C12H16O5. The molecule has 2 N–H and O–H groups in total. The van der Waals surface area contributed by atoms with Crippen molar-refractivity contribution >= 4 is 11.9 Å². The molecular weight excluding hydrogens is 224 g/mol. The smallest absolute Gasteiger partial charge is 0.337 e. The van der Waals surface area contributed by atoms with Crippen LogP contribution in [-0.4, -0.2) is 28.8 Å². The van der Waals surface area contributed by atoms with Crippen molar-refractivity contribution in [3.8, 4) is 0 Å². The predicted molar refractivity (Wildman–Crippen MR) is 61.3 cm³/mol. The first-order valence-electron chi connectivity index (χ1n) is 5.08. The van der Waals surface area contributed by atoms with Gasteiger partial charge in [0.25, 0.3) is 0 Å². The molecule has 0 saturated carbocycles. The molecule has 1 atom stereocenters. The quantitative estimate of drug-likeness (QED) is 0.779. The predicted octanol–water partition coefficient (Wildman–Crippen LogP) is 1.37. The van der Waals surface area contributed by atoms with E-state index >= 15 is 0 Å². The number of aliphatic hydroxyl groups is 1. The van der Waals surface area contributed by atoms with E-state index in [-0.39, 0.29) is 5.97 Å². The van der Waals surface area contributed by atoms with Gasteiger partial charge in [-0.1, -0.05) is 30.3 Å². The molecule has 0 saturated heterocycles. The molecule has 5 heteroatoms. The molecule has 0 fully saturated rings. The highest BCUT2D eigenvalue weighted by atomic mass is 16.5. The topological polar surface area (TPSA) is 83.8 Å². The summed E-state index contributed by atoms with van der Waals surface area (Å²) in [5, 5.41) is 17.4. The van der Waals surface area contributed by atoms with E-state index in [4.69, 9.17) is 10.2 Å². The van der Waals surface area contributed by atoms with Crippen LogP contribution in [0.25, 0.3) is 0 Å². The average Bonchev–Trinajstić information content (AvgIpc) is 2.29. The molecule has 1 aromatic carbocycles. The van der Waals surface area contributed by atoms with E-state index in [2.05, 4.69) is 4.74 Å². The van der Waals surface area contributed by atoms with Gasteiger partial charge in [-0.15, -0.1) is 0 Å². The summed E-state index contributed by atoms with van der Waals surface area (Å²) in [6, 6.07) is 8.26. The maximum Gasteiger partial charge on any atom is 0.337 e. The highest BCUT2D eigenvalue weighted by molar-refractivity contribution is 5.73. The number of carbonyl (C=O) groups is 2. The van der Waals surface area contributed by atoms with E-state index in [9.17, 15) is 9.59 Å². The molecule has 0 aliphatic heterocycles. The lowest BCUT2D eigenvalue weighted by Gasteiger charge is -2.03. The molecule has 0 spiro atoms. The van der Waals surface area contributed by atoms with Crippen molar-refractivity contribution in [3.63, 3.8) is 0 Å². The van der Waals surface area contributed by atoms with Gasteiger partial charge >= 0.3 is 11.9 Å². The first-order chi connectivity index (χ1) is 7.99. The maximum atomic E-state index is 10.2. The zero-order valence-corrected chi connectivity index (χ0v) is 9.79. The van der Waals surface area contributed by atoms with Gasteiger partial charge in [0.2, 0.25) is 0 Å². The Morgan fingerprint density at radius 3 is 2.12 bits per heavy atom. The maximum absolute atomic E-state index is 10.2. The molecule has 1 aromatic rings. The van der Waals surface area contributed by atoms with Gasteiger partial charge in [0.1, 0.15) is 0 Å². The number of rotatable bonds is 3. The number of ether oxygens (including phenoxy) is 1. The van der Waals surface area contributed by atoms with Gasteiger partial charge in [-0.3, -0.25) is 4.79 Å². The second kappa shape index (κ2) is 8.29. The molecule has 0 bridgehead atoms. The zero-order chi connectivity index (χ0) is 13.3. The van der Waals surface area contributed by atoms with E-state index in [1.165, 1.54) is 6.92 Å². The second-order valence-corrected chi connectivity index (χ2v) is 3.08. The summed E-state index contributed by atoms with van der Waals surface area (Å²) in [7, 11) is 0. The highest BCUT2D eigenvalue weighted by Gasteiger charge is 2.14. The second-order valence-electron chi connectivity index (χ2n) is 3.08. The molecule has 1 rings (SSSR count). The number of benzene rings is 1. The lowest BCUT2D eigenvalue weighted by molar-refractivity contribution is -0.147. The minimum atomic E-state index is -1.41. The number of carboxylic acids is 1. The summed E-state index contributed by atoms with van der Waals surface area (Å²) < 4.78 is 4.40. The lowest BCUT2D eigenvalue weighted by atomic mass is 10.1. The first-order valence-corrected chi connectivity index (χ1v) is 5.08. The SMILES string of the molecule is CCOC(C)=O.O=C(O)[C@@H](O)c1ccccc1. The van der Waals surface area contributed by atoms with E-state index in [0.717, 1.165) is 0 Å². The Bertz CT molecular complexity index is 347. The Balaban J connectivity index is 0.000000366. The summed E-state index contributed by atoms with van der Waals surface area (Å²) in [5.41, 5.74) is 0.403. The fraction of sp³-hybridized carbons (Fsp3) is 0.333. The number of carbonyl (C=O) groups excluding carboxylic acids is 1. The minimum Gasteiger partial charge on any atom is -0.479 e. The molecule has 0 unspecified atom stereocenters. The van der Waals surface area contributed by atoms with Crippen molar-refractivity contribution in [2.45, 2.75) is 20.0 Å². The van der Waals surface area contributed by atoms with Gasteiger partial charge in [0.05, 0.1) is 6.61 Å². The average molecular weight is 240 g/mol. The minimum absolute atomic E-state index is 0.211. The van der Waals surface area contributed by atoms with Crippen LogP contribution in [0.2, 0.25) is 0 Å². The van der Waals surface area contributed by atoms with Crippen molar-refractivity contribution in [2.24, 2.45) is 0 Å². The Labute approximate surface area is 99.7 Å². The van der Waals surface area contributed by atoms with Crippen molar-refractivity contribution in [1.29, 1.82) is 0 Å². The summed E-state index contributed by atoms with van der Waals surface area (Å²) in [6.07, 6.45) is -1.41. The summed E-state index contributed by atoms with van der Waals surface area (Å²) >= 11 is 0. The largest absolute Gasteiger partial charge is 0.479 e. The fourth-order valence-electron chi connectivity index (χ4n) is 0.981. The molecule has 0 amide bonds. The van der Waals surface area contributed by atoms with Crippen LogP contribution in [0.4, 0.5) is 0 Å². The van der Waals surface area contributed by atoms with Crippen LogP contribution in [0, 0.1) is 0 Å². The van der Waals surface area contributed by atoms with Gasteiger partial charge in [-0.05, 0) is 12.5 Å². The van der Waals surface area contributed by atoms with Gasteiger partial charge < -0.3 is 14.9 Å². The van der Waals surface area contributed by atoms with Crippen LogP contribution in [-0.2, 0) is 14.3 Å². The van der Waals surface area contributed by atoms with Crippen molar-refractivity contribution in [1.82, 2.24) is 0 Å². The summed E-state index contributed by atoms with van der Waals surface area (Å²) in [5.74, 6) is -1.44. The molecule has 0 aliphatic rings. The lowest BCUT2D eigenvalue weighted by Crippen LogP contribution is -2.09. The fourth-order valence-corrected chi connectivity index (χ4v) is 0.981. The van der Waals surface area contributed by atoms with E-state index in [1.54, 1.807) is 37.3 Å². The normalized spacial score (nSPS) is 10.8. The van der Waals surface area contributed by atoms with Crippen LogP contribution in [0.3, 0.4) is 0 Å². The van der Waals surface area contributed by atoms with Crippen LogP contribution < -0.4 is 0 Å². The number of esters is 1. The number of hydrogen-bond donors (Lipinski definition) is 2. The van der Waals surface area contributed by atoms with Crippen LogP contribution in [0.5, 0.6) is 0 Å². The van der Waals surface area contributed by atoms with Gasteiger partial charge in [-0.2, -0.15) is 0 Å².